The first-order valence-corrected chi connectivity index (χ1v) is 5.13. The number of rotatable bonds is 7. The fraction of sp³-hybridized carbons (Fsp3) is 0.600. The fourth-order valence-electron chi connectivity index (χ4n) is 1.23. The van der Waals surface area contributed by atoms with Crippen molar-refractivity contribution < 1.29 is 39.2 Å². The van der Waals surface area contributed by atoms with E-state index in [1.807, 2.05) is 0 Å². The van der Waals surface area contributed by atoms with Crippen molar-refractivity contribution in [2.75, 3.05) is 0 Å². The van der Waals surface area contributed by atoms with Gasteiger partial charge in [0.2, 0.25) is 6.10 Å². The van der Waals surface area contributed by atoms with Crippen molar-refractivity contribution in [3.05, 3.63) is 0 Å². The quantitative estimate of drug-likeness (QED) is 0.400. The number of hydrogen-bond acceptors (Lipinski definition) is 6. The summed E-state index contributed by atoms with van der Waals surface area (Å²) in [4.78, 5) is 44.5. The van der Waals surface area contributed by atoms with E-state index in [1.54, 1.807) is 0 Å². The van der Waals surface area contributed by atoms with Crippen molar-refractivity contribution in [2.45, 2.75) is 38.4 Å². The number of carboxylic acid groups (broad SMARTS) is 2. The van der Waals surface area contributed by atoms with Crippen molar-refractivity contribution in [1.29, 1.82) is 0 Å². The molecule has 0 amide bonds. The molecule has 0 radical (unpaired) electrons. The van der Waals surface area contributed by atoms with Crippen molar-refractivity contribution in [2.24, 2.45) is 0 Å². The summed E-state index contributed by atoms with van der Waals surface area (Å²) in [6.45, 7) is 2.59. The molecule has 0 aromatic carbocycles. The monoisotopic (exact) mass is 262 g/mol. The van der Waals surface area contributed by atoms with Gasteiger partial charge < -0.3 is 20.1 Å². The predicted octanol–water partition coefficient (Wildman–Crippen LogP) is -0.812. The normalized spacial score (nSPS) is 15.3. The third-order valence-electron chi connectivity index (χ3n) is 2.24. The van der Waals surface area contributed by atoms with Crippen LogP contribution in [0.25, 0.3) is 0 Å². The SMILES string of the molecule is CCC(=O)OC(C(=O)O)(C(=O)CC)C(O)C(=O)O. The summed E-state index contributed by atoms with van der Waals surface area (Å²) in [6, 6.07) is 0. The van der Waals surface area contributed by atoms with E-state index in [0.29, 0.717) is 0 Å². The number of ketones is 1. The zero-order valence-corrected chi connectivity index (χ0v) is 9.87. The van der Waals surface area contributed by atoms with Crippen molar-refractivity contribution in [3.8, 4) is 0 Å². The molecule has 0 aliphatic heterocycles. The fourth-order valence-corrected chi connectivity index (χ4v) is 1.23. The molecule has 0 saturated carbocycles. The Hall–Kier alpha value is -1.96. The minimum Gasteiger partial charge on any atom is -0.479 e. The van der Waals surface area contributed by atoms with E-state index in [4.69, 9.17) is 10.2 Å². The molecule has 0 aromatic heterocycles. The number of aliphatic carboxylic acids is 2. The van der Waals surface area contributed by atoms with E-state index in [9.17, 15) is 24.3 Å². The van der Waals surface area contributed by atoms with Crippen LogP contribution < -0.4 is 0 Å². The van der Waals surface area contributed by atoms with Gasteiger partial charge in [-0.3, -0.25) is 9.59 Å². The van der Waals surface area contributed by atoms with Crippen LogP contribution in [-0.4, -0.2) is 50.7 Å². The van der Waals surface area contributed by atoms with E-state index < -0.39 is 41.8 Å². The number of ether oxygens (including phenoxy) is 1. The number of carbonyl (C=O) groups is 4. The van der Waals surface area contributed by atoms with Crippen molar-refractivity contribution >= 4 is 23.7 Å². The Morgan fingerprint density at radius 2 is 1.61 bits per heavy atom. The van der Waals surface area contributed by atoms with Gasteiger partial charge in [0.25, 0.3) is 0 Å². The lowest BCUT2D eigenvalue weighted by Crippen LogP contribution is -2.61. The molecular formula is C10H14O8. The topological polar surface area (TPSA) is 138 Å². The van der Waals surface area contributed by atoms with E-state index in [0.717, 1.165) is 0 Å². The third-order valence-corrected chi connectivity index (χ3v) is 2.24. The highest BCUT2D eigenvalue weighted by Crippen LogP contribution is 2.22. The molecule has 2 unspecified atom stereocenters. The molecule has 0 heterocycles. The number of Topliss-reactive ketones (excluding diaryl/α,β-unsaturated/α-hetero) is 1. The highest BCUT2D eigenvalue weighted by Gasteiger charge is 2.58. The lowest BCUT2D eigenvalue weighted by molar-refractivity contribution is -0.200. The first kappa shape index (κ1) is 16.0. The summed E-state index contributed by atoms with van der Waals surface area (Å²) in [6.07, 6.45) is -3.34. The minimum absolute atomic E-state index is 0.266. The number of carbonyl (C=O) groups excluding carboxylic acids is 2. The second-order valence-corrected chi connectivity index (χ2v) is 3.39. The van der Waals surface area contributed by atoms with E-state index >= 15 is 0 Å². The molecule has 0 aromatic rings. The zero-order valence-electron chi connectivity index (χ0n) is 9.87. The van der Waals surface area contributed by atoms with E-state index in [2.05, 4.69) is 4.74 Å². The Bertz CT molecular complexity index is 374. The van der Waals surface area contributed by atoms with Gasteiger partial charge >= 0.3 is 23.5 Å². The second kappa shape index (κ2) is 6.10. The van der Waals surface area contributed by atoms with Gasteiger partial charge in [-0.15, -0.1) is 0 Å². The van der Waals surface area contributed by atoms with Crippen LogP contribution in [0.1, 0.15) is 26.7 Å². The molecule has 102 valence electrons. The van der Waals surface area contributed by atoms with E-state index in [-0.39, 0.29) is 6.42 Å². The Kier molecular flexibility index (Phi) is 5.44. The van der Waals surface area contributed by atoms with Crippen LogP contribution in [0.3, 0.4) is 0 Å². The first-order chi connectivity index (χ1) is 8.23. The Morgan fingerprint density at radius 1 is 1.11 bits per heavy atom. The largest absolute Gasteiger partial charge is 0.479 e. The molecule has 0 spiro atoms. The van der Waals surface area contributed by atoms with Gasteiger partial charge in [-0.05, 0) is 0 Å². The summed E-state index contributed by atoms with van der Waals surface area (Å²) in [7, 11) is 0. The first-order valence-electron chi connectivity index (χ1n) is 5.13. The zero-order chi connectivity index (χ0) is 14.5. The van der Waals surface area contributed by atoms with Gasteiger partial charge in [-0.1, -0.05) is 13.8 Å². The average molecular weight is 262 g/mol. The molecule has 18 heavy (non-hydrogen) atoms. The molecule has 0 bridgehead atoms. The number of hydrogen-bond donors (Lipinski definition) is 3. The lowest BCUT2D eigenvalue weighted by atomic mass is 9.89. The van der Waals surface area contributed by atoms with E-state index in [1.165, 1.54) is 13.8 Å². The van der Waals surface area contributed by atoms with Crippen LogP contribution in [-0.2, 0) is 23.9 Å². The summed E-state index contributed by atoms with van der Waals surface area (Å²) >= 11 is 0. The minimum atomic E-state index is -3.10. The molecule has 0 aliphatic carbocycles. The molecule has 8 heteroatoms. The van der Waals surface area contributed by atoms with Crippen LogP contribution in [0.4, 0.5) is 0 Å². The Labute approximate surface area is 102 Å². The van der Waals surface area contributed by atoms with Gasteiger partial charge in [0.1, 0.15) is 0 Å². The van der Waals surface area contributed by atoms with Gasteiger partial charge in [0, 0.05) is 12.8 Å². The average Bonchev–Trinajstić information content (AvgIpc) is 2.33. The van der Waals surface area contributed by atoms with Crippen LogP contribution in [0, 0.1) is 0 Å². The second-order valence-electron chi connectivity index (χ2n) is 3.39. The number of esters is 1. The third kappa shape index (κ3) is 2.83. The summed E-state index contributed by atoms with van der Waals surface area (Å²) in [5, 5.41) is 27.0. The smallest absolute Gasteiger partial charge is 0.359 e. The maximum atomic E-state index is 11.6. The van der Waals surface area contributed by atoms with Crippen LogP contribution in [0.2, 0.25) is 0 Å². The van der Waals surface area contributed by atoms with Crippen LogP contribution in [0.15, 0.2) is 0 Å². The number of carboxylic acids is 2. The van der Waals surface area contributed by atoms with Crippen LogP contribution >= 0.6 is 0 Å². The maximum Gasteiger partial charge on any atom is 0.359 e. The highest BCUT2D eigenvalue weighted by atomic mass is 16.6. The molecule has 8 nitrogen and oxygen atoms in total. The Morgan fingerprint density at radius 3 is 1.89 bits per heavy atom. The maximum absolute atomic E-state index is 11.6. The molecule has 2 atom stereocenters. The Balaban J connectivity index is 5.72. The lowest BCUT2D eigenvalue weighted by Gasteiger charge is -2.29. The van der Waals surface area contributed by atoms with Gasteiger partial charge in [-0.25, -0.2) is 9.59 Å². The van der Waals surface area contributed by atoms with Crippen molar-refractivity contribution in [3.63, 3.8) is 0 Å². The van der Waals surface area contributed by atoms with Crippen LogP contribution in [0.5, 0.6) is 0 Å². The number of aliphatic hydroxyl groups excluding tert-OH is 1. The molecule has 0 rings (SSSR count). The molecule has 3 N–H and O–H groups in total. The van der Waals surface area contributed by atoms with Gasteiger partial charge in [-0.2, -0.15) is 0 Å². The standard InChI is InChI=1S/C10H14O8/c1-3-5(11)10(9(16)17,7(13)8(14)15)18-6(12)4-2/h7,13H,3-4H2,1-2H3,(H,14,15)(H,16,17). The summed E-state index contributed by atoms with van der Waals surface area (Å²) in [5.74, 6) is -6.29. The van der Waals surface area contributed by atoms with Gasteiger partial charge in [0.15, 0.2) is 5.78 Å². The summed E-state index contributed by atoms with van der Waals surface area (Å²) in [5.41, 5.74) is -3.10. The highest BCUT2D eigenvalue weighted by molar-refractivity contribution is 6.11. The molecular weight excluding hydrogens is 248 g/mol. The summed E-state index contributed by atoms with van der Waals surface area (Å²) < 4.78 is 4.41. The molecule has 0 saturated heterocycles. The number of aliphatic hydroxyl groups is 1. The molecule has 0 fully saturated rings. The predicted molar refractivity (Wildman–Crippen MR) is 55.7 cm³/mol. The molecule has 0 aliphatic rings. The van der Waals surface area contributed by atoms with Gasteiger partial charge in [0.05, 0.1) is 0 Å². The van der Waals surface area contributed by atoms with Crippen molar-refractivity contribution in [1.82, 2.24) is 0 Å².